The molecule has 1 aliphatic heterocycles. The highest BCUT2D eigenvalue weighted by Gasteiger charge is 2.31. The average molecular weight is 296 g/mol. The molecule has 118 valence electrons. The van der Waals surface area contributed by atoms with E-state index in [0.717, 1.165) is 25.9 Å². The fraction of sp³-hybridized carbons (Fsp3) is 0.800. The number of nitrogens with zero attached hydrogens (tertiary/aromatic N) is 1. The van der Waals surface area contributed by atoms with Gasteiger partial charge in [-0.3, -0.25) is 14.4 Å². The molecule has 0 bridgehead atoms. The van der Waals surface area contributed by atoms with E-state index in [1.54, 1.807) is 11.8 Å². The van der Waals surface area contributed by atoms with Crippen LogP contribution in [0.1, 0.15) is 45.4 Å². The van der Waals surface area contributed by atoms with Gasteiger partial charge in [-0.25, -0.2) is 0 Å². The molecule has 1 saturated heterocycles. The third-order valence-electron chi connectivity index (χ3n) is 4.59. The van der Waals surface area contributed by atoms with Crippen LogP contribution in [-0.2, 0) is 14.4 Å². The predicted octanol–water partition coefficient (Wildman–Crippen LogP) is 1.00. The number of carboxylic acid groups (broad SMARTS) is 1. The van der Waals surface area contributed by atoms with Gasteiger partial charge in [-0.15, -0.1) is 0 Å². The van der Waals surface area contributed by atoms with Crippen LogP contribution in [0.3, 0.4) is 0 Å². The Morgan fingerprint density at radius 2 is 1.57 bits per heavy atom. The zero-order chi connectivity index (χ0) is 15.4. The number of hydrogen-bond acceptors (Lipinski definition) is 3. The van der Waals surface area contributed by atoms with Gasteiger partial charge in [-0.1, -0.05) is 0 Å². The molecule has 1 saturated carbocycles. The molecule has 2 aliphatic rings. The number of hydrogen-bond donors (Lipinski definition) is 2. The maximum Gasteiger partial charge on any atom is 0.306 e. The van der Waals surface area contributed by atoms with Crippen LogP contribution in [0.5, 0.6) is 0 Å². The molecule has 6 nitrogen and oxygen atoms in total. The van der Waals surface area contributed by atoms with Crippen LogP contribution in [0.25, 0.3) is 0 Å². The van der Waals surface area contributed by atoms with Gasteiger partial charge in [0.1, 0.15) is 6.04 Å². The Morgan fingerprint density at radius 1 is 1.05 bits per heavy atom. The Kier molecular flexibility index (Phi) is 5.20. The molecule has 0 radical (unpaired) electrons. The van der Waals surface area contributed by atoms with Crippen molar-refractivity contribution in [2.24, 2.45) is 11.8 Å². The van der Waals surface area contributed by atoms with Gasteiger partial charge in [0, 0.05) is 19.0 Å². The Morgan fingerprint density at radius 3 is 2.10 bits per heavy atom. The first-order valence-electron chi connectivity index (χ1n) is 7.81. The lowest BCUT2D eigenvalue weighted by molar-refractivity contribution is -0.144. The lowest BCUT2D eigenvalue weighted by Crippen LogP contribution is -2.48. The van der Waals surface area contributed by atoms with Crippen molar-refractivity contribution in [1.82, 2.24) is 10.2 Å². The van der Waals surface area contributed by atoms with Crippen molar-refractivity contribution >= 4 is 17.8 Å². The van der Waals surface area contributed by atoms with E-state index in [2.05, 4.69) is 5.32 Å². The molecule has 6 heteroatoms. The van der Waals surface area contributed by atoms with Crippen molar-refractivity contribution in [3.63, 3.8) is 0 Å². The molecule has 0 aromatic carbocycles. The van der Waals surface area contributed by atoms with Gasteiger partial charge < -0.3 is 15.3 Å². The highest BCUT2D eigenvalue weighted by Crippen LogP contribution is 2.29. The number of carbonyl (C=O) groups excluding carboxylic acids is 2. The van der Waals surface area contributed by atoms with E-state index in [-0.39, 0.29) is 23.7 Å². The highest BCUT2D eigenvalue weighted by atomic mass is 16.4. The summed E-state index contributed by atoms with van der Waals surface area (Å²) >= 11 is 0. The fourth-order valence-electron chi connectivity index (χ4n) is 3.21. The van der Waals surface area contributed by atoms with Crippen LogP contribution >= 0.6 is 0 Å². The van der Waals surface area contributed by atoms with E-state index in [4.69, 9.17) is 5.11 Å². The summed E-state index contributed by atoms with van der Waals surface area (Å²) < 4.78 is 0. The molecule has 2 fully saturated rings. The zero-order valence-electron chi connectivity index (χ0n) is 12.5. The second-order valence-corrected chi connectivity index (χ2v) is 6.15. The molecule has 2 amide bonds. The first kappa shape index (κ1) is 15.8. The fourth-order valence-corrected chi connectivity index (χ4v) is 3.21. The summed E-state index contributed by atoms with van der Waals surface area (Å²) in [7, 11) is 0. The lowest BCUT2D eigenvalue weighted by Gasteiger charge is -2.27. The largest absolute Gasteiger partial charge is 0.481 e. The third kappa shape index (κ3) is 3.95. The van der Waals surface area contributed by atoms with E-state index >= 15 is 0 Å². The minimum Gasteiger partial charge on any atom is -0.481 e. The van der Waals surface area contributed by atoms with Crippen LogP contribution in [0, 0.1) is 11.8 Å². The standard InChI is InChI=1S/C15H24N2O4/c1-10(14(19)17-8-2-3-9-17)16-13(18)11-4-6-12(7-5-11)15(20)21/h10-12H,2-9H2,1H3,(H,16,18)(H,20,21). The van der Waals surface area contributed by atoms with Crippen molar-refractivity contribution in [3.05, 3.63) is 0 Å². The quantitative estimate of drug-likeness (QED) is 0.810. The molecular formula is C15H24N2O4. The van der Waals surface area contributed by atoms with E-state index in [1.165, 1.54) is 0 Å². The first-order chi connectivity index (χ1) is 9.99. The first-order valence-corrected chi connectivity index (χ1v) is 7.81. The number of likely N-dealkylation sites (tertiary alicyclic amines) is 1. The lowest BCUT2D eigenvalue weighted by atomic mass is 9.81. The highest BCUT2D eigenvalue weighted by molar-refractivity contribution is 5.88. The molecule has 0 spiro atoms. The molecule has 0 aromatic rings. The number of aliphatic carboxylic acids is 1. The molecule has 0 aromatic heterocycles. The van der Waals surface area contributed by atoms with Crippen molar-refractivity contribution < 1.29 is 19.5 Å². The Bertz CT molecular complexity index is 410. The van der Waals surface area contributed by atoms with Gasteiger partial charge in [0.15, 0.2) is 0 Å². The maximum absolute atomic E-state index is 12.2. The second kappa shape index (κ2) is 6.91. The summed E-state index contributed by atoms with van der Waals surface area (Å²) in [5, 5.41) is 11.7. The number of rotatable bonds is 4. The van der Waals surface area contributed by atoms with Crippen LogP contribution in [0.4, 0.5) is 0 Å². The smallest absolute Gasteiger partial charge is 0.306 e. The molecular weight excluding hydrogens is 272 g/mol. The molecule has 1 unspecified atom stereocenters. The second-order valence-electron chi connectivity index (χ2n) is 6.15. The number of nitrogens with one attached hydrogen (secondary N) is 1. The monoisotopic (exact) mass is 296 g/mol. The summed E-state index contributed by atoms with van der Waals surface area (Å²) in [6.45, 7) is 3.28. The molecule has 21 heavy (non-hydrogen) atoms. The van der Waals surface area contributed by atoms with E-state index in [0.29, 0.717) is 25.7 Å². The van der Waals surface area contributed by atoms with E-state index in [9.17, 15) is 14.4 Å². The summed E-state index contributed by atoms with van der Waals surface area (Å²) in [5.74, 6) is -1.38. The van der Waals surface area contributed by atoms with Gasteiger partial charge in [-0.05, 0) is 45.4 Å². The average Bonchev–Trinajstić information content (AvgIpc) is 3.00. The molecule has 2 N–H and O–H groups in total. The van der Waals surface area contributed by atoms with Gasteiger partial charge in [0.25, 0.3) is 0 Å². The topological polar surface area (TPSA) is 86.7 Å². The predicted molar refractivity (Wildman–Crippen MR) is 76.5 cm³/mol. The minimum absolute atomic E-state index is 0.0138. The van der Waals surface area contributed by atoms with Crippen LogP contribution in [0.2, 0.25) is 0 Å². The third-order valence-corrected chi connectivity index (χ3v) is 4.59. The van der Waals surface area contributed by atoms with E-state index < -0.39 is 12.0 Å². The molecule has 1 atom stereocenters. The van der Waals surface area contributed by atoms with Crippen LogP contribution in [0.15, 0.2) is 0 Å². The Hall–Kier alpha value is -1.59. The Balaban J connectivity index is 1.78. The van der Waals surface area contributed by atoms with Gasteiger partial charge in [0.2, 0.25) is 11.8 Å². The SMILES string of the molecule is CC(NC(=O)C1CCC(C(=O)O)CC1)C(=O)N1CCCC1. The van der Waals surface area contributed by atoms with Crippen molar-refractivity contribution in [2.75, 3.05) is 13.1 Å². The van der Waals surface area contributed by atoms with E-state index in [1.807, 2.05) is 0 Å². The maximum atomic E-state index is 12.2. The summed E-state index contributed by atoms with van der Waals surface area (Å²) in [4.78, 5) is 37.0. The van der Waals surface area contributed by atoms with Crippen molar-refractivity contribution in [2.45, 2.75) is 51.5 Å². The number of carbonyl (C=O) groups is 3. The van der Waals surface area contributed by atoms with Crippen molar-refractivity contribution in [3.8, 4) is 0 Å². The van der Waals surface area contributed by atoms with Gasteiger partial charge >= 0.3 is 5.97 Å². The minimum atomic E-state index is -0.772. The summed E-state index contributed by atoms with van der Waals surface area (Å²) in [6, 6.07) is -0.493. The van der Waals surface area contributed by atoms with Crippen LogP contribution in [-0.4, -0.2) is 46.9 Å². The number of amides is 2. The summed E-state index contributed by atoms with van der Waals surface area (Å²) in [5.41, 5.74) is 0. The zero-order valence-corrected chi connectivity index (χ0v) is 12.5. The van der Waals surface area contributed by atoms with Crippen molar-refractivity contribution in [1.29, 1.82) is 0 Å². The summed E-state index contributed by atoms with van der Waals surface area (Å²) in [6.07, 6.45) is 4.34. The molecule has 2 rings (SSSR count). The van der Waals surface area contributed by atoms with Gasteiger partial charge in [0.05, 0.1) is 5.92 Å². The normalized spacial score (nSPS) is 27.2. The number of carboxylic acids is 1. The van der Waals surface area contributed by atoms with Crippen LogP contribution < -0.4 is 5.32 Å². The molecule has 1 heterocycles. The Labute approximate surface area is 124 Å². The molecule has 1 aliphatic carbocycles. The van der Waals surface area contributed by atoms with Gasteiger partial charge in [-0.2, -0.15) is 0 Å².